The number of nitrogens with one attached hydrogen (secondary N) is 2. The molecule has 9 nitrogen and oxygen atoms in total. The van der Waals surface area contributed by atoms with E-state index in [0.717, 1.165) is 11.1 Å². The van der Waals surface area contributed by atoms with E-state index in [4.69, 9.17) is 4.74 Å². The lowest BCUT2D eigenvalue weighted by Gasteiger charge is -2.13. The maximum Gasteiger partial charge on any atom is 0.353 e. The van der Waals surface area contributed by atoms with Gasteiger partial charge in [0.1, 0.15) is 6.33 Å². The molecule has 0 amide bonds. The van der Waals surface area contributed by atoms with Crippen LogP contribution in [0.2, 0.25) is 0 Å². The lowest BCUT2D eigenvalue weighted by Crippen LogP contribution is -2.07. The molecule has 0 aliphatic heterocycles. The number of ether oxygens (including phenoxy) is 1. The standard InChI is InChI=1S/C21H21N5O4/c1-4-30-21(27)15-8-6-9-16(11-15)24-19-18(26(28)29)20(23-12-22-19)25-17-10-5-7-13(2)14(17)3/h5-12H,4H2,1-3H3,(H2,22,23,24,25). The molecule has 1 heterocycles. The van der Waals surface area contributed by atoms with E-state index in [-0.39, 0.29) is 23.9 Å². The number of hydrogen-bond donors (Lipinski definition) is 2. The molecule has 9 heteroatoms. The predicted molar refractivity (Wildman–Crippen MR) is 114 cm³/mol. The summed E-state index contributed by atoms with van der Waals surface area (Å²) in [5, 5.41) is 17.7. The van der Waals surface area contributed by atoms with E-state index in [9.17, 15) is 14.9 Å². The van der Waals surface area contributed by atoms with Gasteiger partial charge < -0.3 is 15.4 Å². The first-order chi connectivity index (χ1) is 14.4. The number of nitrogens with zero attached hydrogens (tertiary/aromatic N) is 3. The first kappa shape index (κ1) is 20.7. The van der Waals surface area contributed by atoms with Crippen LogP contribution >= 0.6 is 0 Å². The predicted octanol–water partition coefficient (Wildman–Crippen LogP) is 4.67. The van der Waals surface area contributed by atoms with Crippen molar-refractivity contribution in [2.24, 2.45) is 0 Å². The largest absolute Gasteiger partial charge is 0.462 e. The highest BCUT2D eigenvalue weighted by atomic mass is 16.6. The molecule has 0 bridgehead atoms. The van der Waals surface area contributed by atoms with E-state index in [1.165, 1.54) is 6.33 Å². The highest BCUT2D eigenvalue weighted by molar-refractivity contribution is 5.91. The van der Waals surface area contributed by atoms with Crippen molar-refractivity contribution in [3.05, 3.63) is 75.6 Å². The van der Waals surface area contributed by atoms with Gasteiger partial charge in [0.15, 0.2) is 0 Å². The average molecular weight is 407 g/mol. The van der Waals surface area contributed by atoms with E-state index in [2.05, 4.69) is 20.6 Å². The number of carbonyl (C=O) groups is 1. The van der Waals surface area contributed by atoms with E-state index >= 15 is 0 Å². The van der Waals surface area contributed by atoms with E-state index in [0.29, 0.717) is 16.9 Å². The van der Waals surface area contributed by atoms with E-state index in [1.54, 1.807) is 31.2 Å². The van der Waals surface area contributed by atoms with Crippen molar-refractivity contribution < 1.29 is 14.5 Å². The molecule has 0 spiro atoms. The molecule has 154 valence electrons. The second-order valence-corrected chi connectivity index (χ2v) is 6.48. The molecule has 0 saturated carbocycles. The maximum absolute atomic E-state index is 11.9. The van der Waals surface area contributed by atoms with Crippen LogP contribution in [-0.2, 0) is 4.74 Å². The SMILES string of the molecule is CCOC(=O)c1cccc(Nc2ncnc(Nc3cccc(C)c3C)c2[N+](=O)[O-])c1. The van der Waals surface area contributed by atoms with Crippen molar-refractivity contribution in [3.8, 4) is 0 Å². The molecule has 0 fully saturated rings. The Balaban J connectivity index is 1.96. The Kier molecular flexibility index (Phi) is 6.21. The first-order valence-corrected chi connectivity index (χ1v) is 9.27. The van der Waals surface area contributed by atoms with Crippen molar-refractivity contribution in [1.29, 1.82) is 0 Å². The van der Waals surface area contributed by atoms with Crippen molar-refractivity contribution in [1.82, 2.24) is 9.97 Å². The third-order valence-corrected chi connectivity index (χ3v) is 4.50. The van der Waals surface area contributed by atoms with Crippen LogP contribution in [0.15, 0.2) is 48.8 Å². The second-order valence-electron chi connectivity index (χ2n) is 6.48. The van der Waals surface area contributed by atoms with Gasteiger partial charge in [-0.1, -0.05) is 18.2 Å². The summed E-state index contributed by atoms with van der Waals surface area (Å²) in [6, 6.07) is 12.1. The summed E-state index contributed by atoms with van der Waals surface area (Å²) in [6.07, 6.45) is 1.23. The monoisotopic (exact) mass is 407 g/mol. The molecule has 0 atom stereocenters. The molecule has 2 aromatic carbocycles. The molecule has 0 radical (unpaired) electrons. The third-order valence-electron chi connectivity index (χ3n) is 4.50. The molecule has 0 unspecified atom stereocenters. The highest BCUT2D eigenvalue weighted by Crippen LogP contribution is 2.34. The number of benzene rings is 2. The Bertz CT molecular complexity index is 1100. The van der Waals surface area contributed by atoms with E-state index in [1.807, 2.05) is 32.0 Å². The quantitative estimate of drug-likeness (QED) is 0.329. The zero-order valence-electron chi connectivity index (χ0n) is 16.8. The second kappa shape index (κ2) is 8.99. The Hall–Kier alpha value is -4.01. The van der Waals surface area contributed by atoms with Crippen LogP contribution in [0.4, 0.5) is 28.7 Å². The summed E-state index contributed by atoms with van der Waals surface area (Å²) in [7, 11) is 0. The Morgan fingerprint density at radius 2 is 1.80 bits per heavy atom. The van der Waals surface area contributed by atoms with Crippen molar-refractivity contribution in [2.75, 3.05) is 17.2 Å². The van der Waals surface area contributed by atoms with Gasteiger partial charge in [-0.05, 0) is 56.2 Å². The molecule has 30 heavy (non-hydrogen) atoms. The first-order valence-electron chi connectivity index (χ1n) is 9.27. The topological polar surface area (TPSA) is 119 Å². The molecular formula is C21H21N5O4. The summed E-state index contributed by atoms with van der Waals surface area (Å²) in [5.41, 5.74) is 3.20. The van der Waals surface area contributed by atoms with Gasteiger partial charge in [0.2, 0.25) is 11.6 Å². The third kappa shape index (κ3) is 4.52. The van der Waals surface area contributed by atoms with E-state index < -0.39 is 10.9 Å². The van der Waals surface area contributed by atoms with Crippen LogP contribution in [-0.4, -0.2) is 27.5 Å². The van der Waals surface area contributed by atoms with Gasteiger partial charge in [-0.25, -0.2) is 14.8 Å². The summed E-state index contributed by atoms with van der Waals surface area (Å²) in [5.74, 6) is -0.410. The molecule has 3 rings (SSSR count). The molecule has 1 aromatic heterocycles. The maximum atomic E-state index is 11.9. The molecule has 2 N–H and O–H groups in total. The lowest BCUT2D eigenvalue weighted by molar-refractivity contribution is -0.383. The fourth-order valence-corrected chi connectivity index (χ4v) is 2.82. The van der Waals surface area contributed by atoms with Crippen LogP contribution in [0.3, 0.4) is 0 Å². The summed E-state index contributed by atoms with van der Waals surface area (Å²) in [6.45, 7) is 5.85. The van der Waals surface area contributed by atoms with Crippen molar-refractivity contribution in [3.63, 3.8) is 0 Å². The number of rotatable bonds is 7. The number of nitro groups is 1. The Morgan fingerprint density at radius 3 is 2.50 bits per heavy atom. The Morgan fingerprint density at radius 1 is 1.10 bits per heavy atom. The van der Waals surface area contributed by atoms with Crippen LogP contribution < -0.4 is 10.6 Å². The number of hydrogen-bond acceptors (Lipinski definition) is 8. The number of aromatic nitrogens is 2. The van der Waals surface area contributed by atoms with Crippen LogP contribution in [0, 0.1) is 24.0 Å². The fraction of sp³-hybridized carbons (Fsp3) is 0.190. The zero-order valence-corrected chi connectivity index (χ0v) is 16.8. The summed E-state index contributed by atoms with van der Waals surface area (Å²) < 4.78 is 4.99. The molecule has 0 saturated heterocycles. The number of anilines is 4. The average Bonchev–Trinajstić information content (AvgIpc) is 2.72. The highest BCUT2D eigenvalue weighted by Gasteiger charge is 2.24. The van der Waals surface area contributed by atoms with Gasteiger partial charge in [-0.15, -0.1) is 0 Å². The molecular weight excluding hydrogens is 386 g/mol. The van der Waals surface area contributed by atoms with Gasteiger partial charge >= 0.3 is 11.7 Å². The van der Waals surface area contributed by atoms with Gasteiger partial charge in [0.05, 0.1) is 17.1 Å². The molecule has 0 aliphatic rings. The van der Waals surface area contributed by atoms with Crippen molar-refractivity contribution in [2.45, 2.75) is 20.8 Å². The van der Waals surface area contributed by atoms with Gasteiger partial charge in [-0.3, -0.25) is 10.1 Å². The smallest absolute Gasteiger partial charge is 0.353 e. The number of esters is 1. The van der Waals surface area contributed by atoms with Gasteiger partial charge in [0, 0.05) is 11.4 Å². The zero-order chi connectivity index (χ0) is 21.7. The van der Waals surface area contributed by atoms with Crippen LogP contribution in [0.1, 0.15) is 28.4 Å². The fourth-order valence-electron chi connectivity index (χ4n) is 2.82. The minimum atomic E-state index is -0.551. The Labute approximate surface area is 173 Å². The normalized spacial score (nSPS) is 10.4. The summed E-state index contributed by atoms with van der Waals surface area (Å²) in [4.78, 5) is 31.3. The van der Waals surface area contributed by atoms with Crippen molar-refractivity contribution >= 4 is 34.7 Å². The van der Waals surface area contributed by atoms with Crippen LogP contribution in [0.5, 0.6) is 0 Å². The van der Waals surface area contributed by atoms with Gasteiger partial charge in [0.25, 0.3) is 0 Å². The minimum absolute atomic E-state index is 0.00353. The van der Waals surface area contributed by atoms with Crippen LogP contribution in [0.25, 0.3) is 0 Å². The summed E-state index contributed by atoms with van der Waals surface area (Å²) >= 11 is 0. The number of aryl methyl sites for hydroxylation is 1. The lowest BCUT2D eigenvalue weighted by atomic mass is 10.1. The minimum Gasteiger partial charge on any atom is -0.462 e. The van der Waals surface area contributed by atoms with Gasteiger partial charge in [-0.2, -0.15) is 0 Å². The molecule has 0 aliphatic carbocycles. The number of carbonyl (C=O) groups excluding carboxylic acids is 1. The molecule has 3 aromatic rings.